The molecular weight excluding hydrogens is 514 g/mol. The quantitative estimate of drug-likeness (QED) is 0.393. The van der Waals surface area contributed by atoms with Crippen LogP contribution in [0.4, 0.5) is 16.3 Å². The number of likely N-dealkylation sites (tertiary alicyclic amines) is 1. The lowest BCUT2D eigenvalue weighted by Crippen LogP contribution is -2.54. The number of para-hydroxylation sites is 1. The van der Waals surface area contributed by atoms with Crippen molar-refractivity contribution in [3.63, 3.8) is 0 Å². The molecule has 6 rings (SSSR count). The van der Waals surface area contributed by atoms with Crippen LogP contribution in [-0.4, -0.2) is 67.4 Å². The molecule has 1 aromatic heterocycles. The molecule has 41 heavy (non-hydrogen) atoms. The highest BCUT2D eigenvalue weighted by molar-refractivity contribution is 6.06. The van der Waals surface area contributed by atoms with Crippen LogP contribution in [0.3, 0.4) is 0 Å². The lowest BCUT2D eigenvalue weighted by Gasteiger charge is -2.42. The van der Waals surface area contributed by atoms with Gasteiger partial charge in [-0.05, 0) is 88.3 Å². The first-order valence-corrected chi connectivity index (χ1v) is 14.9. The third-order valence-corrected chi connectivity index (χ3v) is 9.00. The summed E-state index contributed by atoms with van der Waals surface area (Å²) < 4.78 is 11.5. The summed E-state index contributed by atoms with van der Waals surface area (Å²) in [6.45, 7) is 8.12. The molecule has 2 saturated heterocycles. The topological polar surface area (TPSA) is 71.0 Å². The Morgan fingerprint density at radius 3 is 2.46 bits per heavy atom. The van der Waals surface area contributed by atoms with Crippen LogP contribution in [0.15, 0.2) is 42.6 Å². The normalized spacial score (nSPS) is 19.0. The van der Waals surface area contributed by atoms with Crippen molar-refractivity contribution >= 4 is 17.5 Å². The van der Waals surface area contributed by atoms with Gasteiger partial charge in [0.25, 0.3) is 0 Å². The smallest absolute Gasteiger partial charge is 0.330 e. The van der Waals surface area contributed by atoms with E-state index in [1.54, 1.807) is 7.11 Å². The molecule has 0 N–H and O–H groups in total. The highest BCUT2D eigenvalue weighted by atomic mass is 16.5. The second-order valence-electron chi connectivity index (χ2n) is 11.8. The molecule has 0 bridgehead atoms. The van der Waals surface area contributed by atoms with Crippen LogP contribution in [0.1, 0.15) is 65.2 Å². The third-order valence-electron chi connectivity index (χ3n) is 9.00. The number of carbonyl (C=O) groups excluding carboxylic acids is 1. The number of hydrogen-bond donors (Lipinski definition) is 0. The van der Waals surface area contributed by atoms with Crippen molar-refractivity contribution in [2.75, 3.05) is 50.3 Å². The number of aryl methyl sites for hydroxylation is 2. The van der Waals surface area contributed by atoms with E-state index in [4.69, 9.17) is 19.4 Å². The molecule has 0 atom stereocenters. The van der Waals surface area contributed by atoms with E-state index < -0.39 is 0 Å². The van der Waals surface area contributed by atoms with Gasteiger partial charge in [-0.3, -0.25) is 9.80 Å². The van der Waals surface area contributed by atoms with Gasteiger partial charge in [0.05, 0.1) is 19.3 Å². The maximum Gasteiger partial charge on any atom is 0.330 e. The number of fused-ring (bicyclic) bond motifs is 1. The molecule has 3 aliphatic rings. The first-order valence-electron chi connectivity index (χ1n) is 14.9. The average molecular weight is 556 g/mol. The average Bonchev–Trinajstić information content (AvgIpc) is 2.98. The van der Waals surface area contributed by atoms with Gasteiger partial charge >= 0.3 is 6.03 Å². The number of ether oxygens (including phenoxy) is 2. The minimum Gasteiger partial charge on any atom is -0.496 e. The zero-order chi connectivity index (χ0) is 28.5. The number of piperidine rings is 1. The van der Waals surface area contributed by atoms with Crippen molar-refractivity contribution < 1.29 is 14.3 Å². The van der Waals surface area contributed by atoms with Gasteiger partial charge in [0.2, 0.25) is 0 Å². The zero-order valence-electron chi connectivity index (χ0n) is 24.7. The van der Waals surface area contributed by atoms with E-state index in [2.05, 4.69) is 56.1 Å². The zero-order valence-corrected chi connectivity index (χ0v) is 24.7. The lowest BCUT2D eigenvalue weighted by atomic mass is 9.88. The van der Waals surface area contributed by atoms with Crippen molar-refractivity contribution in [1.82, 2.24) is 14.9 Å². The van der Waals surface area contributed by atoms with Gasteiger partial charge in [0, 0.05) is 43.0 Å². The van der Waals surface area contributed by atoms with E-state index in [0.29, 0.717) is 37.9 Å². The summed E-state index contributed by atoms with van der Waals surface area (Å²) in [7, 11) is 3.93. The number of aromatic nitrogens is 2. The molecule has 4 heterocycles. The predicted molar refractivity (Wildman–Crippen MR) is 161 cm³/mol. The largest absolute Gasteiger partial charge is 0.496 e. The van der Waals surface area contributed by atoms with Gasteiger partial charge in [-0.1, -0.05) is 30.3 Å². The van der Waals surface area contributed by atoms with Gasteiger partial charge in [-0.25, -0.2) is 14.8 Å². The number of amides is 2. The number of benzene rings is 2. The van der Waals surface area contributed by atoms with Crippen LogP contribution in [0.2, 0.25) is 0 Å². The summed E-state index contributed by atoms with van der Waals surface area (Å²) in [5.74, 6) is 2.87. The summed E-state index contributed by atoms with van der Waals surface area (Å²) in [6, 6.07) is 12.8. The molecule has 2 fully saturated rings. The molecule has 3 aromatic rings. The van der Waals surface area contributed by atoms with Gasteiger partial charge in [0.1, 0.15) is 17.4 Å². The predicted octanol–water partition coefficient (Wildman–Crippen LogP) is 5.63. The van der Waals surface area contributed by atoms with Gasteiger partial charge in [-0.2, -0.15) is 0 Å². The van der Waals surface area contributed by atoms with Crippen molar-refractivity contribution in [3.05, 3.63) is 76.2 Å². The number of nitrogens with zero attached hydrogens (tertiary/aromatic N) is 5. The van der Waals surface area contributed by atoms with Crippen LogP contribution < -0.4 is 14.5 Å². The van der Waals surface area contributed by atoms with Crippen LogP contribution >= 0.6 is 0 Å². The fourth-order valence-corrected chi connectivity index (χ4v) is 6.65. The molecule has 0 radical (unpaired) electrons. The Bertz CT molecular complexity index is 1390. The van der Waals surface area contributed by atoms with E-state index in [0.717, 1.165) is 65.4 Å². The summed E-state index contributed by atoms with van der Waals surface area (Å²) in [5.41, 5.74) is 6.50. The Balaban J connectivity index is 1.32. The summed E-state index contributed by atoms with van der Waals surface area (Å²) in [6.07, 6.45) is 6.37. The van der Waals surface area contributed by atoms with Crippen LogP contribution in [0.25, 0.3) is 0 Å². The molecule has 0 spiro atoms. The minimum atomic E-state index is -0.0217. The number of anilines is 2. The number of carbonyl (C=O) groups is 1. The van der Waals surface area contributed by atoms with Crippen molar-refractivity contribution in [1.29, 1.82) is 0 Å². The highest BCUT2D eigenvalue weighted by Crippen LogP contribution is 2.37. The number of hydrogen-bond acceptors (Lipinski definition) is 6. The standard InChI is InChI=1S/C33H41N5O3/c1-22-6-5-7-23(2)31(22)37-21-27-20-34-30(35-32(27)38(33(37)39)28-12-16-41-17-13-28)19-26-9-8-25(18-29(26)40-4)24-10-14-36(3)15-11-24/h5-9,18,20,24,28H,10-17,19,21H2,1-4H3. The van der Waals surface area contributed by atoms with E-state index in [1.807, 2.05) is 22.1 Å². The fourth-order valence-electron chi connectivity index (χ4n) is 6.65. The van der Waals surface area contributed by atoms with Crippen LogP contribution in [-0.2, 0) is 17.7 Å². The molecule has 0 aliphatic carbocycles. The Hall–Kier alpha value is -3.49. The molecule has 2 aromatic carbocycles. The molecule has 8 heteroatoms. The van der Waals surface area contributed by atoms with Crippen LogP contribution in [0.5, 0.6) is 5.75 Å². The monoisotopic (exact) mass is 555 g/mol. The molecule has 216 valence electrons. The Morgan fingerprint density at radius 1 is 1.02 bits per heavy atom. The molecule has 2 amide bonds. The van der Waals surface area contributed by atoms with Crippen molar-refractivity contribution in [2.45, 2.75) is 64.5 Å². The Morgan fingerprint density at radius 2 is 1.76 bits per heavy atom. The number of urea groups is 1. The fraction of sp³-hybridized carbons (Fsp3) is 0.485. The van der Waals surface area contributed by atoms with Gasteiger partial charge in [0.15, 0.2) is 0 Å². The molecular formula is C33H41N5O3. The van der Waals surface area contributed by atoms with E-state index >= 15 is 0 Å². The second kappa shape index (κ2) is 11.8. The summed E-state index contributed by atoms with van der Waals surface area (Å²) in [5, 5.41) is 0. The van der Waals surface area contributed by atoms with E-state index in [1.165, 1.54) is 18.4 Å². The maximum absolute atomic E-state index is 14.2. The second-order valence-corrected chi connectivity index (χ2v) is 11.8. The summed E-state index contributed by atoms with van der Waals surface area (Å²) >= 11 is 0. The molecule has 0 unspecified atom stereocenters. The van der Waals surface area contributed by atoms with Gasteiger partial charge < -0.3 is 14.4 Å². The van der Waals surface area contributed by atoms with Gasteiger partial charge in [-0.15, -0.1) is 0 Å². The maximum atomic E-state index is 14.2. The summed E-state index contributed by atoms with van der Waals surface area (Å²) in [4.78, 5) is 30.3. The Kier molecular flexibility index (Phi) is 7.95. The first-order chi connectivity index (χ1) is 19.9. The number of methoxy groups -OCH3 is 1. The Labute approximate surface area is 243 Å². The SMILES string of the molecule is COc1cc(C2CCN(C)CC2)ccc1Cc1ncc2c(n1)N(C1CCOCC1)C(=O)N(c1c(C)cccc1C)C2. The van der Waals surface area contributed by atoms with E-state index in [-0.39, 0.29) is 12.1 Å². The molecule has 3 aliphatic heterocycles. The minimum absolute atomic E-state index is 0.0217. The van der Waals surface area contributed by atoms with E-state index in [9.17, 15) is 4.79 Å². The lowest BCUT2D eigenvalue weighted by molar-refractivity contribution is 0.0854. The highest BCUT2D eigenvalue weighted by Gasteiger charge is 2.39. The molecule has 0 saturated carbocycles. The third kappa shape index (κ3) is 5.55. The van der Waals surface area contributed by atoms with Crippen molar-refractivity contribution in [2.24, 2.45) is 0 Å². The number of rotatable bonds is 6. The van der Waals surface area contributed by atoms with Crippen molar-refractivity contribution in [3.8, 4) is 5.75 Å². The first kappa shape index (κ1) is 27.7. The molecule has 8 nitrogen and oxygen atoms in total. The van der Waals surface area contributed by atoms with Crippen LogP contribution in [0, 0.1) is 13.8 Å².